The number of fused-ring (bicyclic) bond motifs is 3. The Kier molecular flexibility index (Phi) is 3.22. The van der Waals surface area contributed by atoms with Crippen LogP contribution in [0.25, 0.3) is 21.9 Å². The van der Waals surface area contributed by atoms with Gasteiger partial charge in [-0.25, -0.2) is 23.5 Å². The molecule has 3 aromatic rings. The summed E-state index contributed by atoms with van der Waals surface area (Å²) in [6, 6.07) is 4.80. The second-order valence-corrected chi connectivity index (χ2v) is 7.10. The molecule has 9 heteroatoms. The molecule has 2 aromatic heterocycles. The molecule has 120 valence electrons. The summed E-state index contributed by atoms with van der Waals surface area (Å²) >= 11 is 0. The van der Waals surface area contributed by atoms with Gasteiger partial charge in [0.25, 0.3) is 0 Å². The first kappa shape index (κ1) is 14.4. The molecule has 0 aliphatic carbocycles. The van der Waals surface area contributed by atoms with Crippen molar-refractivity contribution in [2.24, 2.45) is 5.14 Å². The van der Waals surface area contributed by atoms with Crippen LogP contribution in [0.15, 0.2) is 29.4 Å². The fourth-order valence-corrected chi connectivity index (χ4v) is 3.52. The molecule has 0 saturated carbocycles. The van der Waals surface area contributed by atoms with E-state index < -0.39 is 10.0 Å². The van der Waals surface area contributed by atoms with Crippen LogP contribution in [0.4, 0.5) is 5.82 Å². The zero-order valence-corrected chi connectivity index (χ0v) is 13.1. The van der Waals surface area contributed by atoms with E-state index in [1.54, 1.807) is 6.07 Å². The number of hydrogen-bond acceptors (Lipinski definition) is 6. The van der Waals surface area contributed by atoms with Crippen molar-refractivity contribution in [1.82, 2.24) is 20.3 Å². The smallest absolute Gasteiger partial charge is 0.238 e. The van der Waals surface area contributed by atoms with Crippen LogP contribution < -0.4 is 15.4 Å². The average molecular weight is 332 g/mol. The Bertz CT molecular complexity index is 991. The van der Waals surface area contributed by atoms with Gasteiger partial charge < -0.3 is 15.2 Å². The quantitative estimate of drug-likeness (QED) is 0.616. The third-order valence-corrected chi connectivity index (χ3v) is 5.00. The number of primary sulfonamides is 1. The lowest BCUT2D eigenvalue weighted by atomic mass is 10.2. The number of hydrogen-bond donors (Lipinski definition) is 3. The van der Waals surface area contributed by atoms with E-state index >= 15 is 0 Å². The molecule has 1 saturated heterocycles. The van der Waals surface area contributed by atoms with E-state index in [0.29, 0.717) is 11.2 Å². The average Bonchev–Trinajstić information content (AvgIpc) is 2.92. The minimum atomic E-state index is -3.74. The second kappa shape index (κ2) is 5.15. The minimum absolute atomic E-state index is 0.0771. The Morgan fingerprint density at radius 2 is 1.96 bits per heavy atom. The fourth-order valence-electron chi connectivity index (χ4n) is 2.98. The van der Waals surface area contributed by atoms with Gasteiger partial charge in [0.2, 0.25) is 10.0 Å². The van der Waals surface area contributed by atoms with Gasteiger partial charge >= 0.3 is 0 Å². The van der Waals surface area contributed by atoms with Gasteiger partial charge in [0, 0.05) is 37.1 Å². The number of aromatic amines is 1. The topological polar surface area (TPSA) is 117 Å². The Morgan fingerprint density at radius 3 is 2.70 bits per heavy atom. The summed E-state index contributed by atoms with van der Waals surface area (Å²) in [5, 5.41) is 10.3. The summed E-state index contributed by atoms with van der Waals surface area (Å²) in [5.74, 6) is 0.867. The summed E-state index contributed by atoms with van der Waals surface area (Å²) in [6.45, 7) is 3.55. The van der Waals surface area contributed by atoms with Crippen molar-refractivity contribution in [3.05, 3.63) is 24.5 Å². The number of aromatic nitrogens is 3. The molecule has 4 rings (SSSR count). The van der Waals surface area contributed by atoms with E-state index in [-0.39, 0.29) is 4.90 Å². The summed E-state index contributed by atoms with van der Waals surface area (Å²) in [7, 11) is -3.74. The predicted molar refractivity (Wildman–Crippen MR) is 87.9 cm³/mol. The number of nitrogens with zero attached hydrogens (tertiary/aromatic N) is 3. The molecule has 23 heavy (non-hydrogen) atoms. The highest BCUT2D eigenvalue weighted by Gasteiger charge is 2.19. The Labute approximate surface area is 132 Å². The van der Waals surface area contributed by atoms with Crippen molar-refractivity contribution >= 4 is 37.8 Å². The molecule has 4 N–H and O–H groups in total. The number of H-pyrrole nitrogens is 1. The molecule has 1 aliphatic heterocycles. The van der Waals surface area contributed by atoms with E-state index in [0.717, 1.165) is 42.8 Å². The number of piperazine rings is 1. The van der Waals surface area contributed by atoms with Gasteiger partial charge in [-0.1, -0.05) is 6.07 Å². The van der Waals surface area contributed by atoms with Crippen molar-refractivity contribution in [3.63, 3.8) is 0 Å². The van der Waals surface area contributed by atoms with E-state index in [1.165, 1.54) is 18.5 Å². The maximum atomic E-state index is 11.5. The number of nitrogens with one attached hydrogen (secondary N) is 2. The van der Waals surface area contributed by atoms with Crippen LogP contribution in [0, 0.1) is 0 Å². The maximum Gasteiger partial charge on any atom is 0.238 e. The summed E-state index contributed by atoms with van der Waals surface area (Å²) in [4.78, 5) is 14.2. The lowest BCUT2D eigenvalue weighted by Gasteiger charge is -2.28. The molecule has 0 spiro atoms. The SMILES string of the molecule is NS(=O)(=O)c1ccc2c(c1)[nH]c1ncnc(N3CCNCC3)c12. The van der Waals surface area contributed by atoms with Crippen molar-refractivity contribution < 1.29 is 8.42 Å². The normalized spacial score (nSPS) is 16.3. The van der Waals surface area contributed by atoms with E-state index in [2.05, 4.69) is 25.2 Å². The molecule has 1 aromatic carbocycles. The van der Waals surface area contributed by atoms with Crippen molar-refractivity contribution in [2.45, 2.75) is 4.90 Å². The second-order valence-electron chi connectivity index (χ2n) is 5.54. The van der Waals surface area contributed by atoms with Crippen LogP contribution in [0.2, 0.25) is 0 Å². The number of rotatable bonds is 2. The Balaban J connectivity index is 1.95. The lowest BCUT2D eigenvalue weighted by molar-refractivity contribution is 0.586. The van der Waals surface area contributed by atoms with Gasteiger partial charge in [-0.3, -0.25) is 0 Å². The number of nitrogens with two attached hydrogens (primary N) is 1. The first-order valence-electron chi connectivity index (χ1n) is 7.29. The van der Waals surface area contributed by atoms with Crippen LogP contribution >= 0.6 is 0 Å². The minimum Gasteiger partial charge on any atom is -0.353 e. The standard InChI is InChI=1S/C14H16N6O2S/c15-23(21,22)9-1-2-10-11(7-9)19-13-12(10)14(18-8-17-13)20-5-3-16-4-6-20/h1-2,7-8,16H,3-6H2,(H2,15,21,22)(H,17,18,19). The molecule has 8 nitrogen and oxygen atoms in total. The third kappa shape index (κ3) is 2.42. The summed E-state index contributed by atoms with van der Waals surface area (Å²) in [5.41, 5.74) is 1.37. The molecule has 0 unspecified atom stereocenters. The highest BCUT2D eigenvalue weighted by atomic mass is 32.2. The third-order valence-electron chi connectivity index (χ3n) is 4.09. The van der Waals surface area contributed by atoms with Gasteiger partial charge in [-0.05, 0) is 12.1 Å². The van der Waals surface area contributed by atoms with Gasteiger partial charge in [0.15, 0.2) is 0 Å². The van der Waals surface area contributed by atoms with Crippen molar-refractivity contribution in [2.75, 3.05) is 31.1 Å². The predicted octanol–water partition coefficient (Wildman–Crippen LogP) is 0.168. The van der Waals surface area contributed by atoms with E-state index in [9.17, 15) is 8.42 Å². The van der Waals surface area contributed by atoms with E-state index in [4.69, 9.17) is 5.14 Å². The lowest BCUT2D eigenvalue weighted by Crippen LogP contribution is -2.44. The highest BCUT2D eigenvalue weighted by Crippen LogP contribution is 2.32. The zero-order chi connectivity index (χ0) is 16.0. The van der Waals surface area contributed by atoms with Crippen molar-refractivity contribution in [3.8, 4) is 0 Å². The molecule has 1 aliphatic rings. The fraction of sp³-hybridized carbons (Fsp3) is 0.286. The van der Waals surface area contributed by atoms with Crippen LogP contribution in [0.5, 0.6) is 0 Å². The molecular formula is C14H16N6O2S. The molecular weight excluding hydrogens is 316 g/mol. The number of anilines is 1. The Morgan fingerprint density at radius 1 is 1.17 bits per heavy atom. The first-order valence-corrected chi connectivity index (χ1v) is 8.83. The molecule has 1 fully saturated rings. The molecule has 0 atom stereocenters. The van der Waals surface area contributed by atoms with Crippen molar-refractivity contribution in [1.29, 1.82) is 0 Å². The first-order chi connectivity index (χ1) is 11.0. The molecule has 3 heterocycles. The van der Waals surface area contributed by atoms with Gasteiger partial charge in [-0.2, -0.15) is 0 Å². The van der Waals surface area contributed by atoms with Crippen LogP contribution in [-0.2, 0) is 10.0 Å². The van der Waals surface area contributed by atoms with E-state index in [1.807, 2.05) is 0 Å². The number of sulfonamides is 1. The Hall–Kier alpha value is -2.23. The van der Waals surface area contributed by atoms with Gasteiger partial charge in [-0.15, -0.1) is 0 Å². The number of benzene rings is 1. The highest BCUT2D eigenvalue weighted by molar-refractivity contribution is 7.89. The van der Waals surface area contributed by atoms with Crippen LogP contribution in [0.3, 0.4) is 0 Å². The molecule has 0 radical (unpaired) electrons. The van der Waals surface area contributed by atoms with Crippen LogP contribution in [-0.4, -0.2) is 49.5 Å². The van der Waals surface area contributed by atoms with Crippen LogP contribution in [0.1, 0.15) is 0 Å². The largest absolute Gasteiger partial charge is 0.353 e. The van der Waals surface area contributed by atoms with Gasteiger partial charge in [0.1, 0.15) is 17.8 Å². The van der Waals surface area contributed by atoms with Gasteiger partial charge in [0.05, 0.1) is 10.3 Å². The summed E-state index contributed by atoms with van der Waals surface area (Å²) in [6.07, 6.45) is 1.52. The maximum absolute atomic E-state index is 11.5. The summed E-state index contributed by atoms with van der Waals surface area (Å²) < 4.78 is 23.1. The monoisotopic (exact) mass is 332 g/mol. The zero-order valence-electron chi connectivity index (χ0n) is 12.3. The molecule has 0 bridgehead atoms. The molecule has 0 amide bonds.